The predicted molar refractivity (Wildman–Crippen MR) is 115 cm³/mol. The quantitative estimate of drug-likeness (QED) is 0.632. The van der Waals surface area contributed by atoms with Gasteiger partial charge in [-0.25, -0.2) is 4.79 Å². The van der Waals surface area contributed by atoms with Crippen LogP contribution in [0.2, 0.25) is 0 Å². The molecule has 1 saturated heterocycles. The van der Waals surface area contributed by atoms with Crippen molar-refractivity contribution in [2.24, 2.45) is 5.92 Å². The number of carbonyl (C=O) groups is 3. The summed E-state index contributed by atoms with van der Waals surface area (Å²) < 4.78 is 29.8. The fraction of sp³-hybridized carbons (Fsp3) is 0.318. The lowest BCUT2D eigenvalue weighted by atomic mass is 9.96. The number of nitrogens with one attached hydrogen (secondary N) is 3. The van der Waals surface area contributed by atoms with Crippen molar-refractivity contribution < 1.29 is 27.9 Å². The number of anilines is 2. The van der Waals surface area contributed by atoms with Crippen LogP contribution in [0, 0.1) is 5.92 Å². The van der Waals surface area contributed by atoms with E-state index in [2.05, 4.69) is 20.7 Å². The van der Waals surface area contributed by atoms with Crippen molar-refractivity contribution in [3.8, 4) is 5.75 Å². The zero-order valence-electron chi connectivity index (χ0n) is 17.4. The first-order valence-electron chi connectivity index (χ1n) is 10.1. The molecule has 0 aromatic heterocycles. The number of ether oxygens (including phenoxy) is 1. The van der Waals surface area contributed by atoms with Crippen LogP contribution in [-0.2, 0) is 4.79 Å². The van der Waals surface area contributed by atoms with Crippen molar-refractivity contribution in [2.45, 2.75) is 19.5 Å². The first-order chi connectivity index (χ1) is 15.4. The SMILES string of the molecule is CNC(=O)Nc1ccc(NC(=O)C2CCCN(C(=O)c3ccccc3OC(F)F)C2)cc1. The van der Waals surface area contributed by atoms with Crippen LogP contribution in [0.5, 0.6) is 5.75 Å². The molecule has 1 unspecified atom stereocenters. The molecule has 1 aliphatic heterocycles. The Morgan fingerprint density at radius 2 is 1.69 bits per heavy atom. The summed E-state index contributed by atoms with van der Waals surface area (Å²) in [7, 11) is 1.51. The second-order valence-corrected chi connectivity index (χ2v) is 7.24. The Hall–Kier alpha value is -3.69. The van der Waals surface area contributed by atoms with E-state index in [0.717, 1.165) is 0 Å². The summed E-state index contributed by atoms with van der Waals surface area (Å²) in [6.45, 7) is -2.45. The highest BCUT2D eigenvalue weighted by Crippen LogP contribution is 2.26. The number of likely N-dealkylation sites (tertiary alicyclic amines) is 1. The summed E-state index contributed by atoms with van der Waals surface area (Å²) >= 11 is 0. The summed E-state index contributed by atoms with van der Waals surface area (Å²) in [5, 5.41) is 7.88. The zero-order valence-corrected chi connectivity index (χ0v) is 17.4. The minimum atomic E-state index is -3.04. The number of alkyl halides is 2. The third kappa shape index (κ3) is 5.93. The van der Waals surface area contributed by atoms with Gasteiger partial charge in [0, 0.05) is 31.5 Å². The number of urea groups is 1. The largest absolute Gasteiger partial charge is 0.434 e. The Balaban J connectivity index is 1.63. The van der Waals surface area contributed by atoms with E-state index in [0.29, 0.717) is 30.8 Å². The molecule has 0 saturated carbocycles. The van der Waals surface area contributed by atoms with Crippen LogP contribution >= 0.6 is 0 Å². The number of carbonyl (C=O) groups excluding carboxylic acids is 3. The average Bonchev–Trinajstić information content (AvgIpc) is 2.80. The smallest absolute Gasteiger partial charge is 0.387 e. The summed E-state index contributed by atoms with van der Waals surface area (Å²) in [4.78, 5) is 38.5. The molecule has 1 heterocycles. The second kappa shape index (κ2) is 10.6. The van der Waals surface area contributed by atoms with Crippen molar-refractivity contribution >= 4 is 29.2 Å². The van der Waals surface area contributed by atoms with Crippen LogP contribution in [-0.4, -0.2) is 49.5 Å². The number of rotatable bonds is 6. The molecule has 1 aliphatic rings. The molecular formula is C22H24F2N4O4. The van der Waals surface area contributed by atoms with Crippen molar-refractivity contribution in [1.82, 2.24) is 10.2 Å². The van der Waals surface area contributed by atoms with Gasteiger partial charge in [-0.2, -0.15) is 8.78 Å². The lowest BCUT2D eigenvalue weighted by Gasteiger charge is -2.32. The molecular weight excluding hydrogens is 422 g/mol. The molecule has 2 aromatic rings. The summed E-state index contributed by atoms with van der Waals surface area (Å²) in [5.41, 5.74) is 1.16. The normalized spacial score (nSPS) is 15.8. The highest BCUT2D eigenvalue weighted by molar-refractivity contribution is 5.98. The Morgan fingerprint density at radius 1 is 1.03 bits per heavy atom. The molecule has 0 bridgehead atoms. The number of amides is 4. The van der Waals surface area contributed by atoms with Gasteiger partial charge in [0.25, 0.3) is 5.91 Å². The van der Waals surface area contributed by atoms with E-state index in [9.17, 15) is 23.2 Å². The van der Waals surface area contributed by atoms with E-state index >= 15 is 0 Å². The van der Waals surface area contributed by atoms with Crippen LogP contribution in [0.1, 0.15) is 23.2 Å². The van der Waals surface area contributed by atoms with Gasteiger partial charge in [-0.05, 0) is 49.2 Å². The number of halogens is 2. The van der Waals surface area contributed by atoms with Gasteiger partial charge in [0.15, 0.2) is 0 Å². The van der Waals surface area contributed by atoms with Crippen LogP contribution in [0.3, 0.4) is 0 Å². The molecule has 2 aromatic carbocycles. The summed E-state index contributed by atoms with van der Waals surface area (Å²) in [6.07, 6.45) is 1.21. The van der Waals surface area contributed by atoms with Crippen molar-refractivity contribution in [1.29, 1.82) is 0 Å². The van der Waals surface area contributed by atoms with E-state index in [-0.39, 0.29) is 29.8 Å². The third-order valence-corrected chi connectivity index (χ3v) is 5.05. The van der Waals surface area contributed by atoms with E-state index in [1.807, 2.05) is 0 Å². The topological polar surface area (TPSA) is 99.8 Å². The lowest BCUT2D eigenvalue weighted by molar-refractivity contribution is -0.121. The fourth-order valence-electron chi connectivity index (χ4n) is 3.46. The molecule has 8 nitrogen and oxygen atoms in total. The van der Waals surface area contributed by atoms with E-state index in [1.54, 1.807) is 30.3 Å². The number of nitrogens with zero attached hydrogens (tertiary/aromatic N) is 1. The van der Waals surface area contributed by atoms with Crippen LogP contribution < -0.4 is 20.7 Å². The number of hydrogen-bond donors (Lipinski definition) is 3. The fourth-order valence-corrected chi connectivity index (χ4v) is 3.46. The lowest BCUT2D eigenvalue weighted by Crippen LogP contribution is -2.43. The van der Waals surface area contributed by atoms with Gasteiger partial charge in [-0.3, -0.25) is 9.59 Å². The third-order valence-electron chi connectivity index (χ3n) is 5.05. The minimum absolute atomic E-state index is 0.0352. The molecule has 1 fully saturated rings. The number of piperidine rings is 1. The predicted octanol–water partition coefficient (Wildman–Crippen LogP) is 3.53. The molecule has 4 amide bonds. The molecule has 32 heavy (non-hydrogen) atoms. The molecule has 10 heteroatoms. The standard InChI is InChI=1S/C22H24F2N4O4/c1-25-22(31)27-16-10-8-15(9-11-16)26-19(29)14-5-4-12-28(13-14)20(30)17-6-2-3-7-18(17)32-21(23)24/h2-3,6-11,14,21H,4-5,12-13H2,1H3,(H,26,29)(H2,25,27,31). The highest BCUT2D eigenvalue weighted by atomic mass is 19.3. The van der Waals surface area contributed by atoms with Crippen LogP contribution in [0.4, 0.5) is 25.0 Å². The maximum absolute atomic E-state index is 12.9. The molecule has 3 N–H and O–H groups in total. The molecule has 0 aliphatic carbocycles. The first-order valence-corrected chi connectivity index (χ1v) is 10.1. The van der Waals surface area contributed by atoms with Crippen molar-refractivity contribution in [3.05, 3.63) is 54.1 Å². The number of benzene rings is 2. The highest BCUT2D eigenvalue weighted by Gasteiger charge is 2.30. The molecule has 3 rings (SSSR count). The monoisotopic (exact) mass is 446 g/mol. The van der Waals surface area contributed by atoms with Gasteiger partial charge >= 0.3 is 12.6 Å². The van der Waals surface area contributed by atoms with Crippen LogP contribution in [0.15, 0.2) is 48.5 Å². The maximum atomic E-state index is 12.9. The van der Waals surface area contributed by atoms with Gasteiger partial charge in [-0.1, -0.05) is 12.1 Å². The van der Waals surface area contributed by atoms with Gasteiger partial charge < -0.3 is 25.6 Å². The summed E-state index contributed by atoms with van der Waals surface area (Å²) in [5.74, 6) is -1.33. The van der Waals surface area contributed by atoms with Crippen LogP contribution in [0.25, 0.3) is 0 Å². The van der Waals surface area contributed by atoms with Gasteiger partial charge in [0.05, 0.1) is 11.5 Å². The number of hydrogen-bond acceptors (Lipinski definition) is 4. The zero-order chi connectivity index (χ0) is 23.1. The molecule has 170 valence electrons. The maximum Gasteiger partial charge on any atom is 0.387 e. The number of para-hydroxylation sites is 1. The second-order valence-electron chi connectivity index (χ2n) is 7.24. The van der Waals surface area contributed by atoms with Crippen molar-refractivity contribution in [2.75, 3.05) is 30.8 Å². The molecule has 1 atom stereocenters. The Morgan fingerprint density at radius 3 is 2.34 bits per heavy atom. The first kappa shape index (κ1) is 23.0. The van der Waals surface area contributed by atoms with Gasteiger partial charge in [0.2, 0.25) is 5.91 Å². The van der Waals surface area contributed by atoms with Gasteiger partial charge in [-0.15, -0.1) is 0 Å². The van der Waals surface area contributed by atoms with E-state index in [4.69, 9.17) is 0 Å². The molecule has 0 radical (unpaired) electrons. The van der Waals surface area contributed by atoms with Gasteiger partial charge in [0.1, 0.15) is 5.75 Å². The summed E-state index contributed by atoms with van der Waals surface area (Å²) in [6, 6.07) is 12.1. The minimum Gasteiger partial charge on any atom is -0.434 e. The van der Waals surface area contributed by atoms with E-state index < -0.39 is 18.4 Å². The molecule has 0 spiro atoms. The Labute approximate surface area is 183 Å². The Kier molecular flexibility index (Phi) is 7.58. The Bertz CT molecular complexity index is 969. The van der Waals surface area contributed by atoms with Crippen molar-refractivity contribution in [3.63, 3.8) is 0 Å². The average molecular weight is 446 g/mol. The van der Waals surface area contributed by atoms with E-state index in [1.165, 1.54) is 30.1 Å².